The monoisotopic (exact) mass is 273 g/mol. The van der Waals surface area contributed by atoms with Gasteiger partial charge in [-0.1, -0.05) is 12.1 Å². The molecule has 0 aliphatic heterocycles. The van der Waals surface area contributed by atoms with Gasteiger partial charge in [0, 0.05) is 23.9 Å². The fraction of sp³-hybridized carbons (Fsp3) is 0.214. The lowest BCUT2D eigenvalue weighted by atomic mass is 10.2. The van der Waals surface area contributed by atoms with E-state index < -0.39 is 4.92 Å². The molecule has 1 aromatic heterocycles. The zero-order valence-electron chi connectivity index (χ0n) is 11.3. The predicted molar refractivity (Wildman–Crippen MR) is 74.8 cm³/mol. The smallest absolute Gasteiger partial charge is 0.314 e. The number of nitro groups is 1. The van der Waals surface area contributed by atoms with Gasteiger partial charge < -0.3 is 10.5 Å². The topological polar surface area (TPSA) is 91.3 Å². The van der Waals surface area contributed by atoms with Crippen LogP contribution in [-0.4, -0.2) is 9.91 Å². The summed E-state index contributed by atoms with van der Waals surface area (Å²) >= 11 is 0. The highest BCUT2D eigenvalue weighted by Gasteiger charge is 2.19. The van der Waals surface area contributed by atoms with Crippen molar-refractivity contribution in [1.82, 2.24) is 4.98 Å². The van der Waals surface area contributed by atoms with Gasteiger partial charge in [-0.3, -0.25) is 10.1 Å². The molecule has 2 N–H and O–H groups in total. The van der Waals surface area contributed by atoms with Crippen molar-refractivity contribution in [3.8, 4) is 11.6 Å². The Morgan fingerprint density at radius 1 is 1.35 bits per heavy atom. The summed E-state index contributed by atoms with van der Waals surface area (Å²) in [5, 5.41) is 11.1. The van der Waals surface area contributed by atoms with Gasteiger partial charge in [0.2, 0.25) is 11.6 Å². The van der Waals surface area contributed by atoms with E-state index in [-0.39, 0.29) is 11.4 Å². The first-order chi connectivity index (χ1) is 9.52. The molecule has 1 aromatic carbocycles. The van der Waals surface area contributed by atoms with Crippen LogP contribution in [-0.2, 0) is 6.54 Å². The van der Waals surface area contributed by atoms with E-state index in [1.165, 1.54) is 0 Å². The second-order valence-corrected chi connectivity index (χ2v) is 4.45. The zero-order chi connectivity index (χ0) is 14.7. The number of nitrogens with two attached hydrogens (primary N) is 1. The van der Waals surface area contributed by atoms with Crippen molar-refractivity contribution in [2.24, 2.45) is 5.73 Å². The Morgan fingerprint density at radius 2 is 2.10 bits per heavy atom. The molecule has 20 heavy (non-hydrogen) atoms. The third kappa shape index (κ3) is 2.75. The van der Waals surface area contributed by atoms with E-state index in [0.29, 0.717) is 18.0 Å². The molecule has 104 valence electrons. The van der Waals surface area contributed by atoms with Crippen LogP contribution in [0.15, 0.2) is 30.5 Å². The highest BCUT2D eigenvalue weighted by atomic mass is 16.6. The molecule has 0 atom stereocenters. The van der Waals surface area contributed by atoms with Gasteiger partial charge in [-0.25, -0.2) is 4.98 Å². The fourth-order valence-corrected chi connectivity index (χ4v) is 1.89. The van der Waals surface area contributed by atoms with Crippen molar-refractivity contribution in [2.75, 3.05) is 0 Å². The molecule has 0 fully saturated rings. The highest BCUT2D eigenvalue weighted by Crippen LogP contribution is 2.34. The molecule has 0 unspecified atom stereocenters. The van der Waals surface area contributed by atoms with E-state index in [1.807, 2.05) is 13.0 Å². The first-order valence-corrected chi connectivity index (χ1v) is 6.10. The molecular formula is C14H15N3O3. The van der Waals surface area contributed by atoms with Gasteiger partial charge >= 0.3 is 5.69 Å². The van der Waals surface area contributed by atoms with Gasteiger partial charge in [0.25, 0.3) is 0 Å². The Bertz CT molecular complexity index is 656. The third-order valence-corrected chi connectivity index (χ3v) is 2.91. The number of aryl methyl sites for hydroxylation is 2. The van der Waals surface area contributed by atoms with Gasteiger partial charge in [-0.05, 0) is 31.5 Å². The lowest BCUT2D eigenvalue weighted by Crippen LogP contribution is -2.01. The Labute approximate surface area is 116 Å². The lowest BCUT2D eigenvalue weighted by Gasteiger charge is -2.09. The SMILES string of the molecule is Cc1cc(CN)cnc1Oc1cccc(C)c1[N+](=O)[O-]. The second kappa shape index (κ2) is 5.66. The van der Waals surface area contributed by atoms with Gasteiger partial charge in [-0.15, -0.1) is 0 Å². The Kier molecular flexibility index (Phi) is 3.95. The van der Waals surface area contributed by atoms with Crippen molar-refractivity contribution in [3.63, 3.8) is 0 Å². The first-order valence-electron chi connectivity index (χ1n) is 6.10. The molecule has 0 saturated carbocycles. The maximum absolute atomic E-state index is 11.1. The van der Waals surface area contributed by atoms with Crippen LogP contribution >= 0.6 is 0 Å². The van der Waals surface area contributed by atoms with Crippen molar-refractivity contribution in [3.05, 3.63) is 57.3 Å². The molecule has 2 rings (SSSR count). The van der Waals surface area contributed by atoms with E-state index in [1.54, 1.807) is 31.3 Å². The normalized spacial score (nSPS) is 10.3. The standard InChI is InChI=1S/C14H15N3O3/c1-9-4-3-5-12(13(9)17(18)19)20-14-10(2)6-11(7-15)8-16-14/h3-6,8H,7,15H2,1-2H3. The molecule has 0 amide bonds. The van der Waals surface area contributed by atoms with Gasteiger partial charge in [0.1, 0.15) is 0 Å². The summed E-state index contributed by atoms with van der Waals surface area (Å²) in [6.07, 6.45) is 1.60. The molecule has 0 saturated heterocycles. The molecule has 0 radical (unpaired) electrons. The number of hydrogen-bond donors (Lipinski definition) is 1. The number of benzene rings is 1. The van der Waals surface area contributed by atoms with E-state index in [9.17, 15) is 10.1 Å². The molecule has 6 heteroatoms. The van der Waals surface area contributed by atoms with E-state index in [0.717, 1.165) is 11.1 Å². The van der Waals surface area contributed by atoms with Crippen LogP contribution in [0.4, 0.5) is 5.69 Å². The van der Waals surface area contributed by atoms with E-state index in [2.05, 4.69) is 4.98 Å². The number of para-hydroxylation sites is 1. The Morgan fingerprint density at radius 3 is 2.70 bits per heavy atom. The van der Waals surface area contributed by atoms with Gasteiger partial charge in [0.15, 0.2) is 0 Å². The summed E-state index contributed by atoms with van der Waals surface area (Å²) in [7, 11) is 0. The summed E-state index contributed by atoms with van der Waals surface area (Å²) in [5.74, 6) is 0.530. The summed E-state index contributed by atoms with van der Waals surface area (Å²) in [6.45, 7) is 3.88. The van der Waals surface area contributed by atoms with Crippen LogP contribution in [0.5, 0.6) is 11.6 Å². The summed E-state index contributed by atoms with van der Waals surface area (Å²) < 4.78 is 5.59. The van der Waals surface area contributed by atoms with E-state index >= 15 is 0 Å². The van der Waals surface area contributed by atoms with Crippen LogP contribution in [0.25, 0.3) is 0 Å². The van der Waals surface area contributed by atoms with Crippen molar-refractivity contribution < 1.29 is 9.66 Å². The van der Waals surface area contributed by atoms with Crippen LogP contribution in [0.2, 0.25) is 0 Å². The number of nitro benzene ring substituents is 1. The number of ether oxygens (including phenoxy) is 1. The molecule has 6 nitrogen and oxygen atoms in total. The summed E-state index contributed by atoms with van der Waals surface area (Å²) in [4.78, 5) is 14.8. The average Bonchev–Trinajstić information content (AvgIpc) is 2.40. The van der Waals surface area contributed by atoms with E-state index in [4.69, 9.17) is 10.5 Å². The van der Waals surface area contributed by atoms with Gasteiger partial charge in [-0.2, -0.15) is 0 Å². The summed E-state index contributed by atoms with van der Waals surface area (Å²) in [6, 6.07) is 6.79. The van der Waals surface area contributed by atoms with Crippen LogP contribution in [0.3, 0.4) is 0 Å². The largest absolute Gasteiger partial charge is 0.432 e. The predicted octanol–water partition coefficient (Wildman–Crippen LogP) is 2.86. The molecule has 0 spiro atoms. The Hall–Kier alpha value is -2.47. The first kappa shape index (κ1) is 14.0. The Balaban J connectivity index is 2.40. The number of pyridine rings is 1. The van der Waals surface area contributed by atoms with Crippen molar-refractivity contribution in [2.45, 2.75) is 20.4 Å². The van der Waals surface area contributed by atoms with Crippen molar-refractivity contribution >= 4 is 5.69 Å². The third-order valence-electron chi connectivity index (χ3n) is 2.91. The molecule has 1 heterocycles. The van der Waals surface area contributed by atoms with Crippen LogP contribution in [0, 0.1) is 24.0 Å². The molecular weight excluding hydrogens is 258 g/mol. The maximum Gasteiger partial charge on any atom is 0.314 e. The minimum Gasteiger partial charge on any atom is -0.432 e. The lowest BCUT2D eigenvalue weighted by molar-refractivity contribution is -0.386. The number of nitrogens with zero attached hydrogens (tertiary/aromatic N) is 2. The maximum atomic E-state index is 11.1. The number of hydrogen-bond acceptors (Lipinski definition) is 5. The molecule has 2 aromatic rings. The minimum atomic E-state index is -0.450. The van der Waals surface area contributed by atoms with Crippen LogP contribution in [0.1, 0.15) is 16.7 Å². The molecule has 0 aliphatic carbocycles. The highest BCUT2D eigenvalue weighted by molar-refractivity contribution is 5.53. The number of rotatable bonds is 4. The average molecular weight is 273 g/mol. The molecule has 0 bridgehead atoms. The second-order valence-electron chi connectivity index (χ2n) is 4.45. The quantitative estimate of drug-likeness (QED) is 0.683. The minimum absolute atomic E-state index is 0.0448. The number of aromatic nitrogens is 1. The molecule has 0 aliphatic rings. The fourth-order valence-electron chi connectivity index (χ4n) is 1.89. The zero-order valence-corrected chi connectivity index (χ0v) is 11.3. The van der Waals surface area contributed by atoms with Gasteiger partial charge in [0.05, 0.1) is 4.92 Å². The summed E-state index contributed by atoms with van der Waals surface area (Å²) in [5.41, 5.74) is 7.70. The van der Waals surface area contributed by atoms with Crippen molar-refractivity contribution in [1.29, 1.82) is 0 Å². The van der Waals surface area contributed by atoms with Crippen LogP contribution < -0.4 is 10.5 Å².